The van der Waals surface area contributed by atoms with Crippen LogP contribution < -0.4 is 14.3 Å². The molecule has 4 aromatic carbocycles. The van der Waals surface area contributed by atoms with E-state index in [1.54, 1.807) is 42.5 Å². The van der Waals surface area contributed by atoms with Gasteiger partial charge in [0, 0.05) is 19.5 Å². The van der Waals surface area contributed by atoms with E-state index in [1.165, 1.54) is 10.7 Å². The molecule has 4 aromatic rings. The average Bonchev–Trinajstić information content (AvgIpc) is 3.04. The molecule has 0 aromatic heterocycles. The number of anilines is 1. The minimum atomic E-state index is -4.01. The molecule has 1 saturated heterocycles. The summed E-state index contributed by atoms with van der Waals surface area (Å²) in [6.45, 7) is 4.90. The number of hydrogen-bond donors (Lipinski definition) is 2. The van der Waals surface area contributed by atoms with Crippen LogP contribution in [0.3, 0.4) is 0 Å². The third-order valence-corrected chi connectivity index (χ3v) is 12.2. The van der Waals surface area contributed by atoms with E-state index in [0.717, 1.165) is 54.4 Å². The van der Waals surface area contributed by atoms with Crippen LogP contribution in [-0.2, 0) is 31.4 Å². The first-order valence-electron chi connectivity index (χ1n) is 15.8. The molecule has 0 saturated carbocycles. The minimum Gasteiger partial charge on any atom is -0.348 e. The van der Waals surface area contributed by atoms with E-state index in [2.05, 4.69) is 14.9 Å². The maximum absolute atomic E-state index is 13.6. The second-order valence-corrected chi connectivity index (χ2v) is 15.7. The Hall–Kier alpha value is -3.77. The molecule has 2 heterocycles. The van der Waals surface area contributed by atoms with E-state index in [-0.39, 0.29) is 23.6 Å². The van der Waals surface area contributed by atoms with E-state index in [1.807, 2.05) is 55.5 Å². The fourth-order valence-electron chi connectivity index (χ4n) is 6.54. The smallest absolute Gasteiger partial charge is 0.241 e. The number of benzene rings is 4. The van der Waals surface area contributed by atoms with Crippen LogP contribution in [0, 0.1) is 0 Å². The largest absolute Gasteiger partial charge is 0.348 e. The number of fused-ring (bicyclic) bond motifs is 2. The van der Waals surface area contributed by atoms with E-state index < -0.39 is 38.0 Å². The molecule has 242 valence electrons. The van der Waals surface area contributed by atoms with Crippen LogP contribution in [0.15, 0.2) is 95.9 Å². The molecule has 2 aliphatic heterocycles. The Bertz CT molecular complexity index is 1930. The van der Waals surface area contributed by atoms with Crippen LogP contribution in [-0.4, -0.2) is 53.0 Å². The van der Waals surface area contributed by atoms with Gasteiger partial charge in [0.25, 0.3) is 0 Å². The lowest BCUT2D eigenvalue weighted by Gasteiger charge is -2.36. The molecule has 1 amide bonds. The highest BCUT2D eigenvalue weighted by atomic mass is 32.2. The molecular weight excluding hydrogens is 621 g/mol. The summed E-state index contributed by atoms with van der Waals surface area (Å²) in [7, 11) is -7.71. The SMILES string of the molecule is CCN1c2cc(CN3CCCCC3)ccc2[C@@H](NC(=O)C[C@@H](NS(=O)(=O)c2ccc3ccccc3c2)c2ccccc2)CS1(=O)=O. The van der Waals surface area contributed by atoms with Crippen molar-refractivity contribution in [2.24, 2.45) is 0 Å². The molecule has 2 N–H and O–H groups in total. The lowest BCUT2D eigenvalue weighted by Crippen LogP contribution is -2.45. The second-order valence-electron chi connectivity index (χ2n) is 12.1. The van der Waals surface area contributed by atoms with Crippen LogP contribution in [0.5, 0.6) is 0 Å². The maximum atomic E-state index is 13.6. The third-order valence-electron chi connectivity index (χ3n) is 8.85. The Labute approximate surface area is 271 Å². The summed E-state index contributed by atoms with van der Waals surface area (Å²) in [5.41, 5.74) is 2.98. The summed E-state index contributed by atoms with van der Waals surface area (Å²) in [6.07, 6.45) is 3.35. The van der Waals surface area contributed by atoms with Gasteiger partial charge in [-0.15, -0.1) is 0 Å². The lowest BCUT2D eigenvalue weighted by molar-refractivity contribution is -0.122. The zero-order chi connectivity index (χ0) is 32.3. The van der Waals surface area contributed by atoms with Gasteiger partial charge in [0.1, 0.15) is 0 Å². The van der Waals surface area contributed by atoms with E-state index in [0.29, 0.717) is 11.3 Å². The van der Waals surface area contributed by atoms with Crippen molar-refractivity contribution in [3.63, 3.8) is 0 Å². The van der Waals surface area contributed by atoms with Crippen LogP contribution >= 0.6 is 0 Å². The summed E-state index contributed by atoms with van der Waals surface area (Å²) in [6, 6.07) is 25.6. The van der Waals surface area contributed by atoms with E-state index >= 15 is 0 Å². The third kappa shape index (κ3) is 7.12. The Kier molecular flexibility index (Phi) is 9.47. The van der Waals surface area contributed by atoms with Gasteiger partial charge < -0.3 is 5.32 Å². The molecule has 2 atom stereocenters. The summed E-state index contributed by atoms with van der Waals surface area (Å²) in [4.78, 5) is 16.1. The predicted octanol–water partition coefficient (Wildman–Crippen LogP) is 5.26. The van der Waals surface area contributed by atoms with Crippen molar-refractivity contribution in [3.05, 3.63) is 108 Å². The molecule has 0 unspecified atom stereocenters. The molecule has 0 aliphatic carbocycles. The standard InChI is InChI=1S/C35H40N4O5S2/c1-2-39-34-21-26(24-38-19-9-4-10-20-38)15-18-31(34)33(25-45(39,41)42)36-35(40)23-32(28-12-5-3-6-13-28)37-46(43,44)30-17-16-27-11-7-8-14-29(27)22-30/h3,5-8,11-18,21-22,32-33,37H,2,4,9-10,19-20,23-25H2,1H3,(H,36,40)/t32-,33+/m1/s1. The van der Waals surface area contributed by atoms with Gasteiger partial charge in [-0.25, -0.2) is 21.6 Å². The van der Waals surface area contributed by atoms with E-state index in [4.69, 9.17) is 0 Å². The van der Waals surface area contributed by atoms with Crippen molar-refractivity contribution in [1.82, 2.24) is 14.9 Å². The fraction of sp³-hybridized carbons (Fsp3) is 0.343. The Morgan fingerprint density at radius 2 is 1.61 bits per heavy atom. The molecule has 1 fully saturated rings. The number of piperidine rings is 1. The van der Waals surface area contributed by atoms with Crippen molar-refractivity contribution in [3.8, 4) is 0 Å². The van der Waals surface area contributed by atoms with Crippen molar-refractivity contribution in [1.29, 1.82) is 0 Å². The Morgan fingerprint density at radius 1 is 0.891 bits per heavy atom. The highest BCUT2D eigenvalue weighted by Gasteiger charge is 2.37. The highest BCUT2D eigenvalue weighted by molar-refractivity contribution is 7.92. The number of carbonyl (C=O) groups excluding carboxylic acids is 1. The van der Waals surface area contributed by atoms with Gasteiger partial charge in [0.15, 0.2) is 0 Å². The Balaban J connectivity index is 1.24. The van der Waals surface area contributed by atoms with Crippen molar-refractivity contribution >= 4 is 42.4 Å². The minimum absolute atomic E-state index is 0.0971. The van der Waals surface area contributed by atoms with Crippen molar-refractivity contribution in [2.45, 2.75) is 56.1 Å². The predicted molar refractivity (Wildman–Crippen MR) is 181 cm³/mol. The zero-order valence-electron chi connectivity index (χ0n) is 25.9. The number of nitrogens with one attached hydrogen (secondary N) is 2. The molecule has 9 nitrogen and oxygen atoms in total. The molecule has 0 bridgehead atoms. The number of likely N-dealkylation sites (tertiary alicyclic amines) is 1. The quantitative estimate of drug-likeness (QED) is 0.240. The molecular formula is C35H40N4O5S2. The van der Waals surface area contributed by atoms with Gasteiger partial charge in [-0.1, -0.05) is 79.2 Å². The first-order valence-corrected chi connectivity index (χ1v) is 18.9. The fourth-order valence-corrected chi connectivity index (χ4v) is 9.52. The van der Waals surface area contributed by atoms with Crippen LogP contribution in [0.25, 0.3) is 10.8 Å². The van der Waals surface area contributed by atoms with Gasteiger partial charge in [-0.2, -0.15) is 0 Å². The van der Waals surface area contributed by atoms with Gasteiger partial charge in [0.2, 0.25) is 26.0 Å². The molecule has 0 radical (unpaired) electrons. The van der Waals surface area contributed by atoms with Gasteiger partial charge in [-0.3, -0.25) is 14.0 Å². The van der Waals surface area contributed by atoms with Crippen molar-refractivity contribution in [2.75, 3.05) is 29.7 Å². The van der Waals surface area contributed by atoms with E-state index in [9.17, 15) is 21.6 Å². The normalized spacial score (nSPS) is 19.0. The maximum Gasteiger partial charge on any atom is 0.241 e. The number of amides is 1. The van der Waals surface area contributed by atoms with Gasteiger partial charge in [-0.05, 0) is 78.5 Å². The summed E-state index contributed by atoms with van der Waals surface area (Å²) in [5, 5.41) is 4.64. The number of hydrogen-bond acceptors (Lipinski definition) is 6. The zero-order valence-corrected chi connectivity index (χ0v) is 27.6. The molecule has 0 spiro atoms. The summed E-state index contributed by atoms with van der Waals surface area (Å²) < 4.78 is 58.2. The topological polar surface area (TPSA) is 116 Å². The first-order chi connectivity index (χ1) is 22.1. The number of sulfonamides is 2. The summed E-state index contributed by atoms with van der Waals surface area (Å²) >= 11 is 0. The van der Waals surface area contributed by atoms with Crippen molar-refractivity contribution < 1.29 is 21.6 Å². The molecule has 11 heteroatoms. The van der Waals surface area contributed by atoms with Gasteiger partial charge in [0.05, 0.1) is 28.4 Å². The van der Waals surface area contributed by atoms with Crippen LogP contribution in [0.4, 0.5) is 5.69 Å². The number of rotatable bonds is 10. The summed E-state index contributed by atoms with van der Waals surface area (Å²) in [5.74, 6) is -0.729. The average molecular weight is 661 g/mol. The second kappa shape index (κ2) is 13.5. The number of nitrogens with zero attached hydrogens (tertiary/aromatic N) is 2. The van der Waals surface area contributed by atoms with Crippen LogP contribution in [0.2, 0.25) is 0 Å². The molecule has 46 heavy (non-hydrogen) atoms. The molecule has 6 rings (SSSR count). The van der Waals surface area contributed by atoms with Gasteiger partial charge >= 0.3 is 0 Å². The lowest BCUT2D eigenvalue weighted by atomic mass is 10.0. The molecule has 2 aliphatic rings. The van der Waals surface area contributed by atoms with Crippen LogP contribution in [0.1, 0.15) is 61.4 Å². The number of carbonyl (C=O) groups is 1. The first kappa shape index (κ1) is 32.2. The highest BCUT2D eigenvalue weighted by Crippen LogP contribution is 2.37. The Morgan fingerprint density at radius 3 is 2.35 bits per heavy atom. The monoisotopic (exact) mass is 660 g/mol.